The van der Waals surface area contributed by atoms with Crippen LogP contribution in [0.15, 0.2) is 0 Å². The summed E-state index contributed by atoms with van der Waals surface area (Å²) < 4.78 is 5.82. The highest BCUT2D eigenvalue weighted by Crippen LogP contribution is 2.29. The normalized spacial score (nSPS) is 36.4. The lowest BCUT2D eigenvalue weighted by Gasteiger charge is -2.40. The van der Waals surface area contributed by atoms with Crippen LogP contribution in [0.4, 0.5) is 0 Å². The molecule has 17 heavy (non-hydrogen) atoms. The van der Waals surface area contributed by atoms with Gasteiger partial charge in [0.05, 0.1) is 6.10 Å². The van der Waals surface area contributed by atoms with Gasteiger partial charge >= 0.3 is 0 Å². The molecule has 0 spiro atoms. The summed E-state index contributed by atoms with van der Waals surface area (Å²) in [6.45, 7) is 4.03. The van der Waals surface area contributed by atoms with Gasteiger partial charge in [0.25, 0.3) is 0 Å². The largest absolute Gasteiger partial charge is 0.377 e. The topological polar surface area (TPSA) is 38.5 Å². The van der Waals surface area contributed by atoms with Crippen molar-refractivity contribution >= 4 is 0 Å². The van der Waals surface area contributed by atoms with Gasteiger partial charge in [-0.25, -0.2) is 0 Å². The summed E-state index contributed by atoms with van der Waals surface area (Å²) in [5.74, 6) is 0.874. The lowest BCUT2D eigenvalue weighted by atomic mass is 9.85. The van der Waals surface area contributed by atoms with Crippen LogP contribution in [0, 0.1) is 5.92 Å². The SMILES string of the molecule is CC1CCCC(N(C)C(CN)C2CCCO2)C1. The van der Waals surface area contributed by atoms with E-state index < -0.39 is 0 Å². The summed E-state index contributed by atoms with van der Waals surface area (Å²) in [7, 11) is 2.25. The fourth-order valence-corrected chi connectivity index (χ4v) is 3.53. The molecule has 1 saturated heterocycles. The highest BCUT2D eigenvalue weighted by atomic mass is 16.5. The minimum atomic E-state index is 0.377. The molecule has 2 N–H and O–H groups in total. The van der Waals surface area contributed by atoms with E-state index in [4.69, 9.17) is 10.5 Å². The third-order valence-electron chi connectivity index (χ3n) is 4.64. The second-order valence-electron chi connectivity index (χ2n) is 5.95. The van der Waals surface area contributed by atoms with E-state index in [1.165, 1.54) is 38.5 Å². The third-order valence-corrected chi connectivity index (χ3v) is 4.64. The maximum atomic E-state index is 5.97. The molecule has 0 aromatic rings. The standard InChI is InChI=1S/C14H28N2O/c1-11-5-3-6-12(9-11)16(2)13(10-15)14-7-4-8-17-14/h11-14H,3-10,15H2,1-2H3. The van der Waals surface area contributed by atoms with Crippen LogP contribution >= 0.6 is 0 Å². The minimum Gasteiger partial charge on any atom is -0.377 e. The molecule has 2 fully saturated rings. The Balaban J connectivity index is 1.93. The molecule has 3 nitrogen and oxygen atoms in total. The van der Waals surface area contributed by atoms with Gasteiger partial charge in [-0.05, 0) is 38.6 Å². The van der Waals surface area contributed by atoms with E-state index in [0.717, 1.165) is 25.1 Å². The zero-order valence-electron chi connectivity index (χ0n) is 11.4. The Kier molecular flexibility index (Phi) is 4.83. The van der Waals surface area contributed by atoms with Gasteiger partial charge < -0.3 is 10.5 Å². The van der Waals surface area contributed by atoms with Crippen molar-refractivity contribution in [3.8, 4) is 0 Å². The van der Waals surface area contributed by atoms with Gasteiger partial charge in [-0.2, -0.15) is 0 Å². The Morgan fingerprint density at radius 3 is 2.71 bits per heavy atom. The molecule has 0 aromatic heterocycles. The Morgan fingerprint density at radius 2 is 2.12 bits per heavy atom. The number of nitrogens with two attached hydrogens (primary N) is 1. The zero-order chi connectivity index (χ0) is 12.3. The van der Waals surface area contributed by atoms with Crippen molar-refractivity contribution in [1.29, 1.82) is 0 Å². The lowest BCUT2D eigenvalue weighted by Crippen LogP contribution is -2.51. The van der Waals surface area contributed by atoms with Crippen LogP contribution in [0.5, 0.6) is 0 Å². The minimum absolute atomic E-state index is 0.377. The van der Waals surface area contributed by atoms with Crippen molar-refractivity contribution < 1.29 is 4.74 Å². The van der Waals surface area contributed by atoms with Crippen molar-refractivity contribution in [2.24, 2.45) is 11.7 Å². The molecule has 0 amide bonds. The van der Waals surface area contributed by atoms with Crippen molar-refractivity contribution in [3.63, 3.8) is 0 Å². The molecular formula is C14H28N2O. The molecule has 4 atom stereocenters. The second-order valence-corrected chi connectivity index (χ2v) is 5.95. The molecule has 0 aromatic carbocycles. The Labute approximate surface area is 106 Å². The summed E-state index contributed by atoms with van der Waals surface area (Å²) >= 11 is 0. The number of rotatable bonds is 4. The van der Waals surface area contributed by atoms with Gasteiger partial charge in [0.2, 0.25) is 0 Å². The lowest BCUT2D eigenvalue weighted by molar-refractivity contribution is 0.0100. The Morgan fingerprint density at radius 1 is 1.29 bits per heavy atom. The molecule has 4 unspecified atom stereocenters. The molecule has 3 heteroatoms. The van der Waals surface area contributed by atoms with E-state index >= 15 is 0 Å². The van der Waals surface area contributed by atoms with Gasteiger partial charge in [0, 0.05) is 25.2 Å². The fraction of sp³-hybridized carbons (Fsp3) is 1.00. The van der Waals surface area contributed by atoms with Crippen LogP contribution in [0.25, 0.3) is 0 Å². The number of hydrogen-bond acceptors (Lipinski definition) is 3. The van der Waals surface area contributed by atoms with Crippen molar-refractivity contribution in [2.75, 3.05) is 20.2 Å². The van der Waals surface area contributed by atoms with Crippen LogP contribution in [0.1, 0.15) is 45.4 Å². The van der Waals surface area contributed by atoms with Gasteiger partial charge in [-0.3, -0.25) is 4.90 Å². The number of nitrogens with zero attached hydrogens (tertiary/aromatic N) is 1. The maximum Gasteiger partial charge on any atom is 0.0743 e. The summed E-state index contributed by atoms with van der Waals surface area (Å²) in [4.78, 5) is 2.52. The molecule has 1 saturated carbocycles. The average Bonchev–Trinajstić information content (AvgIpc) is 2.83. The Bertz CT molecular complexity index is 228. The van der Waals surface area contributed by atoms with Crippen molar-refractivity contribution in [1.82, 2.24) is 4.90 Å². The first kappa shape index (κ1) is 13.3. The van der Waals surface area contributed by atoms with Crippen LogP contribution < -0.4 is 5.73 Å². The molecular weight excluding hydrogens is 212 g/mol. The number of hydrogen-bond donors (Lipinski definition) is 1. The van der Waals surface area contributed by atoms with E-state index in [1.54, 1.807) is 0 Å². The van der Waals surface area contributed by atoms with Crippen molar-refractivity contribution in [3.05, 3.63) is 0 Å². The van der Waals surface area contributed by atoms with Crippen LogP contribution in [-0.4, -0.2) is 43.3 Å². The van der Waals surface area contributed by atoms with E-state index in [0.29, 0.717) is 12.1 Å². The van der Waals surface area contributed by atoms with Crippen molar-refractivity contribution in [2.45, 2.75) is 63.6 Å². The maximum absolute atomic E-state index is 5.97. The highest BCUT2D eigenvalue weighted by Gasteiger charge is 2.33. The first-order chi connectivity index (χ1) is 8.22. The first-order valence-corrected chi connectivity index (χ1v) is 7.26. The molecule has 100 valence electrons. The predicted molar refractivity (Wildman–Crippen MR) is 71.0 cm³/mol. The second kappa shape index (κ2) is 6.17. The monoisotopic (exact) mass is 240 g/mol. The van der Waals surface area contributed by atoms with Crippen LogP contribution in [0.2, 0.25) is 0 Å². The molecule has 0 radical (unpaired) electrons. The highest BCUT2D eigenvalue weighted by molar-refractivity contribution is 4.87. The molecule has 1 aliphatic heterocycles. The quantitative estimate of drug-likeness (QED) is 0.817. The summed E-state index contributed by atoms with van der Waals surface area (Å²) in [6, 6.07) is 1.14. The smallest absolute Gasteiger partial charge is 0.0743 e. The summed E-state index contributed by atoms with van der Waals surface area (Å²) in [6.07, 6.45) is 8.22. The van der Waals surface area contributed by atoms with E-state index in [1.807, 2.05) is 0 Å². The molecule has 2 aliphatic rings. The number of ether oxygens (including phenoxy) is 1. The predicted octanol–water partition coefficient (Wildman–Crippen LogP) is 2.00. The molecule has 0 bridgehead atoms. The van der Waals surface area contributed by atoms with E-state index in [9.17, 15) is 0 Å². The van der Waals surface area contributed by atoms with Crippen LogP contribution in [-0.2, 0) is 4.74 Å². The van der Waals surface area contributed by atoms with Crippen LogP contribution in [0.3, 0.4) is 0 Å². The van der Waals surface area contributed by atoms with E-state index in [2.05, 4.69) is 18.9 Å². The average molecular weight is 240 g/mol. The first-order valence-electron chi connectivity index (χ1n) is 7.26. The fourth-order valence-electron chi connectivity index (χ4n) is 3.53. The number of likely N-dealkylation sites (N-methyl/N-ethyl adjacent to an activating group) is 1. The Hall–Kier alpha value is -0.120. The third kappa shape index (κ3) is 3.21. The van der Waals surface area contributed by atoms with Gasteiger partial charge in [-0.1, -0.05) is 19.8 Å². The van der Waals surface area contributed by atoms with E-state index in [-0.39, 0.29) is 0 Å². The van der Waals surface area contributed by atoms with Gasteiger partial charge in [-0.15, -0.1) is 0 Å². The molecule has 1 aliphatic carbocycles. The molecule has 1 heterocycles. The van der Waals surface area contributed by atoms with Gasteiger partial charge in [0.15, 0.2) is 0 Å². The summed E-state index contributed by atoms with van der Waals surface area (Å²) in [5, 5.41) is 0. The van der Waals surface area contributed by atoms with Gasteiger partial charge in [0.1, 0.15) is 0 Å². The zero-order valence-corrected chi connectivity index (χ0v) is 11.4. The molecule has 2 rings (SSSR count). The summed E-state index contributed by atoms with van der Waals surface area (Å²) in [5.41, 5.74) is 5.97.